The summed E-state index contributed by atoms with van der Waals surface area (Å²) in [5.41, 5.74) is 1.03. The Morgan fingerprint density at radius 2 is 1.76 bits per heavy atom. The van der Waals surface area contributed by atoms with Crippen molar-refractivity contribution in [3.8, 4) is 0 Å². The Hall–Kier alpha value is -1.52. The number of ether oxygens (including phenoxy) is 3. The fourth-order valence-corrected chi connectivity index (χ4v) is 6.27. The van der Waals surface area contributed by atoms with Crippen LogP contribution < -0.4 is 0 Å². The highest BCUT2D eigenvalue weighted by Gasteiger charge is 2.64. The van der Waals surface area contributed by atoms with Crippen molar-refractivity contribution >= 4 is 11.9 Å². The molecule has 2 aliphatic carbocycles. The van der Waals surface area contributed by atoms with Crippen molar-refractivity contribution in [3.63, 3.8) is 0 Å². The highest BCUT2D eigenvalue weighted by molar-refractivity contribution is 5.67. The predicted octanol–water partition coefficient (Wildman–Crippen LogP) is 3.82. The van der Waals surface area contributed by atoms with E-state index in [0.717, 1.165) is 24.8 Å². The second-order valence-electron chi connectivity index (χ2n) is 8.92. The Balaban J connectivity index is 2.06. The summed E-state index contributed by atoms with van der Waals surface area (Å²) in [7, 11) is 0. The summed E-state index contributed by atoms with van der Waals surface area (Å²) in [4.78, 5) is 23.3. The van der Waals surface area contributed by atoms with Crippen LogP contribution in [-0.4, -0.2) is 24.3 Å². The molecular weight excluding hydrogens is 320 g/mol. The van der Waals surface area contributed by atoms with Gasteiger partial charge in [-0.2, -0.15) is 0 Å². The lowest BCUT2D eigenvalue weighted by atomic mass is 9.44. The first-order valence-corrected chi connectivity index (χ1v) is 9.28. The maximum atomic E-state index is 11.7. The van der Waals surface area contributed by atoms with Crippen molar-refractivity contribution in [2.24, 2.45) is 28.6 Å². The van der Waals surface area contributed by atoms with E-state index in [1.54, 1.807) is 6.26 Å². The Morgan fingerprint density at radius 1 is 1.12 bits per heavy atom. The molecule has 0 N–H and O–H groups in total. The summed E-state index contributed by atoms with van der Waals surface area (Å²) in [6, 6.07) is 0. The summed E-state index contributed by atoms with van der Waals surface area (Å²) < 4.78 is 17.0. The summed E-state index contributed by atoms with van der Waals surface area (Å²) in [5, 5.41) is 0. The summed E-state index contributed by atoms with van der Waals surface area (Å²) >= 11 is 0. The largest absolute Gasteiger partial charge is 0.462 e. The Labute approximate surface area is 150 Å². The van der Waals surface area contributed by atoms with Crippen LogP contribution in [0.15, 0.2) is 11.8 Å². The molecule has 0 aromatic heterocycles. The van der Waals surface area contributed by atoms with Crippen molar-refractivity contribution < 1.29 is 23.8 Å². The molecule has 0 spiro atoms. The second kappa shape index (κ2) is 6.03. The lowest BCUT2D eigenvalue weighted by molar-refractivity contribution is -0.201. The van der Waals surface area contributed by atoms with E-state index in [1.165, 1.54) is 13.8 Å². The Morgan fingerprint density at radius 3 is 2.36 bits per heavy atom. The summed E-state index contributed by atoms with van der Waals surface area (Å²) in [6.07, 6.45) is 4.07. The SMILES string of the molecule is CC(=O)OC1OC=C2[C@H]1[C@@]1(C)CCCC(C)(C)[C@H]1[C@H](C)[C@H]2OC(C)=O. The fourth-order valence-electron chi connectivity index (χ4n) is 6.27. The lowest BCUT2D eigenvalue weighted by Crippen LogP contribution is -2.59. The van der Waals surface area contributed by atoms with Gasteiger partial charge in [0.15, 0.2) is 0 Å². The molecule has 0 aromatic rings. The molecule has 0 aromatic carbocycles. The third kappa shape index (κ3) is 2.85. The molecule has 3 rings (SSSR count). The minimum Gasteiger partial charge on any atom is -0.462 e. The van der Waals surface area contributed by atoms with Gasteiger partial charge in [0, 0.05) is 25.3 Å². The molecular formula is C20H30O5. The van der Waals surface area contributed by atoms with Gasteiger partial charge in [0.25, 0.3) is 6.29 Å². The zero-order valence-electron chi connectivity index (χ0n) is 16.1. The maximum Gasteiger partial charge on any atom is 0.305 e. The molecule has 2 saturated carbocycles. The monoisotopic (exact) mass is 350 g/mol. The highest BCUT2D eigenvalue weighted by Crippen LogP contribution is 2.65. The van der Waals surface area contributed by atoms with Gasteiger partial charge in [-0.25, -0.2) is 0 Å². The molecule has 5 nitrogen and oxygen atoms in total. The molecule has 1 heterocycles. The number of fused-ring (bicyclic) bond motifs is 3. The van der Waals surface area contributed by atoms with Gasteiger partial charge in [-0.3, -0.25) is 9.59 Å². The van der Waals surface area contributed by atoms with E-state index < -0.39 is 6.29 Å². The first-order chi connectivity index (χ1) is 11.6. The standard InChI is InChI=1S/C20H30O5/c1-11-16(24-12(2)21)14-10-23-18(25-13(3)22)15(14)20(6)9-7-8-19(4,5)17(11)20/h10-11,15-18H,7-9H2,1-6H3/t11-,15-,16-,17-,18?,20-/m1/s1. The molecule has 5 heteroatoms. The Kier molecular flexibility index (Phi) is 4.41. The quantitative estimate of drug-likeness (QED) is 0.709. The molecule has 25 heavy (non-hydrogen) atoms. The van der Waals surface area contributed by atoms with E-state index >= 15 is 0 Å². The number of carbonyl (C=O) groups is 2. The van der Waals surface area contributed by atoms with E-state index in [1.807, 2.05) is 0 Å². The third-order valence-corrected chi connectivity index (χ3v) is 6.68. The maximum absolute atomic E-state index is 11.7. The van der Waals surface area contributed by atoms with E-state index in [-0.39, 0.29) is 40.7 Å². The van der Waals surface area contributed by atoms with E-state index in [9.17, 15) is 9.59 Å². The number of esters is 2. The molecule has 1 aliphatic heterocycles. The smallest absolute Gasteiger partial charge is 0.305 e. The molecule has 2 fully saturated rings. The number of carbonyl (C=O) groups excluding carboxylic acids is 2. The minimum absolute atomic E-state index is 0.0553. The van der Waals surface area contributed by atoms with E-state index in [4.69, 9.17) is 14.2 Å². The molecule has 0 amide bonds. The zero-order chi connectivity index (χ0) is 18.6. The van der Waals surface area contributed by atoms with Gasteiger partial charge >= 0.3 is 11.9 Å². The topological polar surface area (TPSA) is 61.8 Å². The van der Waals surface area contributed by atoms with Gasteiger partial charge < -0.3 is 14.2 Å². The van der Waals surface area contributed by atoms with Gasteiger partial charge in [0.05, 0.1) is 12.2 Å². The van der Waals surface area contributed by atoms with Crippen molar-refractivity contribution in [2.45, 2.75) is 73.2 Å². The fraction of sp³-hybridized carbons (Fsp3) is 0.800. The van der Waals surface area contributed by atoms with Crippen LogP contribution >= 0.6 is 0 Å². The van der Waals surface area contributed by atoms with Crippen LogP contribution in [0.1, 0.15) is 60.8 Å². The number of rotatable bonds is 2. The van der Waals surface area contributed by atoms with E-state index in [0.29, 0.717) is 5.92 Å². The van der Waals surface area contributed by atoms with Crippen LogP contribution in [0.2, 0.25) is 0 Å². The molecule has 1 unspecified atom stereocenters. The average Bonchev–Trinajstić information content (AvgIpc) is 2.86. The first-order valence-electron chi connectivity index (χ1n) is 9.28. The van der Waals surface area contributed by atoms with Crippen LogP contribution in [0, 0.1) is 28.6 Å². The summed E-state index contributed by atoms with van der Waals surface area (Å²) in [6.45, 7) is 11.9. The van der Waals surface area contributed by atoms with Gasteiger partial charge in [-0.1, -0.05) is 34.1 Å². The summed E-state index contributed by atoms with van der Waals surface area (Å²) in [5.74, 6) is -0.171. The lowest BCUT2D eigenvalue weighted by Gasteiger charge is -2.60. The Bertz CT molecular complexity index is 607. The highest BCUT2D eigenvalue weighted by atomic mass is 16.7. The van der Waals surface area contributed by atoms with Crippen molar-refractivity contribution in [1.82, 2.24) is 0 Å². The van der Waals surface area contributed by atoms with Crippen molar-refractivity contribution in [3.05, 3.63) is 11.8 Å². The van der Waals surface area contributed by atoms with Crippen LogP contribution in [0.4, 0.5) is 0 Å². The predicted molar refractivity (Wildman–Crippen MR) is 92.2 cm³/mol. The van der Waals surface area contributed by atoms with Gasteiger partial charge in [0.1, 0.15) is 6.10 Å². The van der Waals surface area contributed by atoms with Crippen molar-refractivity contribution in [2.75, 3.05) is 0 Å². The van der Waals surface area contributed by atoms with Crippen LogP contribution in [0.25, 0.3) is 0 Å². The van der Waals surface area contributed by atoms with Crippen LogP contribution in [-0.2, 0) is 23.8 Å². The average molecular weight is 350 g/mol. The van der Waals surface area contributed by atoms with E-state index in [2.05, 4.69) is 27.7 Å². The van der Waals surface area contributed by atoms with Gasteiger partial charge in [-0.15, -0.1) is 0 Å². The first kappa shape index (κ1) is 18.3. The number of hydrogen-bond donors (Lipinski definition) is 0. The molecule has 140 valence electrons. The molecule has 0 bridgehead atoms. The zero-order valence-corrected chi connectivity index (χ0v) is 16.1. The molecule has 6 atom stereocenters. The van der Waals surface area contributed by atoms with Crippen LogP contribution in [0.5, 0.6) is 0 Å². The molecule has 0 saturated heterocycles. The molecule has 3 aliphatic rings. The number of hydrogen-bond acceptors (Lipinski definition) is 5. The van der Waals surface area contributed by atoms with Gasteiger partial charge in [-0.05, 0) is 29.6 Å². The second-order valence-corrected chi connectivity index (χ2v) is 8.92. The minimum atomic E-state index is -0.626. The van der Waals surface area contributed by atoms with Crippen molar-refractivity contribution in [1.29, 1.82) is 0 Å². The van der Waals surface area contributed by atoms with Gasteiger partial charge in [0.2, 0.25) is 0 Å². The third-order valence-electron chi connectivity index (χ3n) is 6.68. The van der Waals surface area contributed by atoms with Crippen LogP contribution in [0.3, 0.4) is 0 Å². The molecule has 0 radical (unpaired) electrons. The normalized spacial score (nSPS) is 41.7.